The molecule has 1 rings (SSSR count). The molecule has 1 atom stereocenters. The first-order valence-electron chi connectivity index (χ1n) is 4.42. The number of alkyl halides is 3. The Morgan fingerprint density at radius 2 is 1.94 bits per heavy atom. The van der Waals surface area contributed by atoms with Gasteiger partial charge in [-0.1, -0.05) is 15.9 Å². The first-order valence-corrected chi connectivity index (χ1v) is 5.21. The molecular formula is C10H8BrF3O3. The monoisotopic (exact) mass is 312 g/mol. The van der Waals surface area contributed by atoms with E-state index in [-0.39, 0.29) is 11.3 Å². The Morgan fingerprint density at radius 1 is 1.29 bits per heavy atom. The van der Waals surface area contributed by atoms with E-state index in [2.05, 4.69) is 25.4 Å². The maximum Gasteiger partial charge on any atom is 0.338 e. The van der Waals surface area contributed by atoms with Crippen molar-refractivity contribution < 1.29 is 27.4 Å². The van der Waals surface area contributed by atoms with Crippen LogP contribution in [0.3, 0.4) is 0 Å². The van der Waals surface area contributed by atoms with Crippen LogP contribution in [0.15, 0.2) is 22.7 Å². The molecule has 0 fully saturated rings. The van der Waals surface area contributed by atoms with Crippen molar-refractivity contribution in [2.24, 2.45) is 0 Å². The van der Waals surface area contributed by atoms with Gasteiger partial charge in [0.2, 0.25) is 0 Å². The lowest BCUT2D eigenvalue weighted by Gasteiger charge is -2.11. The molecule has 1 aromatic rings. The van der Waals surface area contributed by atoms with E-state index in [1.165, 1.54) is 19.2 Å². The van der Waals surface area contributed by atoms with Gasteiger partial charge >= 0.3 is 12.4 Å². The number of hydrogen-bond donors (Lipinski definition) is 0. The van der Waals surface area contributed by atoms with E-state index in [4.69, 9.17) is 0 Å². The molecule has 0 saturated carbocycles. The first-order chi connectivity index (χ1) is 7.93. The molecular weight excluding hydrogens is 305 g/mol. The van der Waals surface area contributed by atoms with Gasteiger partial charge in [0.15, 0.2) is 0 Å². The van der Waals surface area contributed by atoms with Gasteiger partial charge in [-0.3, -0.25) is 0 Å². The Labute approximate surface area is 104 Å². The zero-order chi connectivity index (χ0) is 13.0. The summed E-state index contributed by atoms with van der Waals surface area (Å²) in [5, 5.41) is 0. The standard InChI is InChI=1S/C10H8BrF3O3/c1-16-10(15)5-2-6(11)4-7(3-5)17-9(14)8(12)13/h2-4,8-9H,1H3. The topological polar surface area (TPSA) is 35.5 Å². The Morgan fingerprint density at radius 3 is 2.47 bits per heavy atom. The number of ether oxygens (including phenoxy) is 2. The van der Waals surface area contributed by atoms with Crippen LogP contribution in [0.2, 0.25) is 0 Å². The predicted octanol–water partition coefficient (Wildman–Crippen LogP) is 3.18. The molecule has 0 heterocycles. The maximum atomic E-state index is 12.7. The summed E-state index contributed by atoms with van der Waals surface area (Å²) in [6.07, 6.45) is -6.00. The fourth-order valence-corrected chi connectivity index (χ4v) is 1.52. The Kier molecular flexibility index (Phi) is 4.80. The van der Waals surface area contributed by atoms with Gasteiger partial charge in [-0.25, -0.2) is 13.6 Å². The normalized spacial score (nSPS) is 12.4. The van der Waals surface area contributed by atoms with E-state index in [1.54, 1.807) is 0 Å². The van der Waals surface area contributed by atoms with Gasteiger partial charge in [0.05, 0.1) is 12.7 Å². The minimum absolute atomic E-state index is 0.0679. The molecule has 0 radical (unpaired) electrons. The summed E-state index contributed by atoms with van der Waals surface area (Å²) < 4.78 is 45.7. The summed E-state index contributed by atoms with van der Waals surface area (Å²) >= 11 is 3.04. The minimum Gasteiger partial charge on any atom is -0.465 e. The summed E-state index contributed by atoms with van der Waals surface area (Å²) in [6, 6.07) is 3.78. The molecule has 0 N–H and O–H groups in total. The second-order valence-electron chi connectivity index (χ2n) is 2.97. The average Bonchev–Trinajstić information content (AvgIpc) is 2.26. The van der Waals surface area contributed by atoms with E-state index in [1.807, 2.05) is 0 Å². The van der Waals surface area contributed by atoms with Gasteiger partial charge in [0, 0.05) is 4.47 Å². The second kappa shape index (κ2) is 5.90. The highest BCUT2D eigenvalue weighted by Crippen LogP contribution is 2.24. The number of rotatable bonds is 4. The number of halogens is 4. The highest BCUT2D eigenvalue weighted by molar-refractivity contribution is 9.10. The summed E-state index contributed by atoms with van der Waals surface area (Å²) in [7, 11) is 1.17. The van der Waals surface area contributed by atoms with Crippen molar-refractivity contribution in [2.75, 3.05) is 7.11 Å². The van der Waals surface area contributed by atoms with Crippen molar-refractivity contribution in [3.05, 3.63) is 28.2 Å². The molecule has 0 aliphatic heterocycles. The number of methoxy groups -OCH3 is 1. The molecule has 1 unspecified atom stereocenters. The summed E-state index contributed by atoms with van der Waals surface area (Å²) in [6.45, 7) is 0. The second-order valence-corrected chi connectivity index (χ2v) is 3.89. The van der Waals surface area contributed by atoms with Crippen molar-refractivity contribution in [1.82, 2.24) is 0 Å². The van der Waals surface area contributed by atoms with Crippen molar-refractivity contribution in [2.45, 2.75) is 12.8 Å². The lowest BCUT2D eigenvalue weighted by Crippen LogP contribution is -2.19. The number of carbonyl (C=O) groups is 1. The van der Waals surface area contributed by atoms with Crippen molar-refractivity contribution in [1.29, 1.82) is 0 Å². The van der Waals surface area contributed by atoms with E-state index in [9.17, 15) is 18.0 Å². The number of carbonyl (C=O) groups excluding carboxylic acids is 1. The van der Waals surface area contributed by atoms with Gasteiger partial charge in [-0.05, 0) is 18.2 Å². The maximum absolute atomic E-state index is 12.7. The summed E-state index contributed by atoms with van der Waals surface area (Å²) in [5.74, 6) is -0.865. The Hall–Kier alpha value is -1.24. The molecule has 0 aromatic heterocycles. The van der Waals surface area contributed by atoms with Crippen LogP contribution in [-0.2, 0) is 4.74 Å². The molecule has 0 aliphatic rings. The van der Waals surface area contributed by atoms with Gasteiger partial charge in [0.25, 0.3) is 6.36 Å². The van der Waals surface area contributed by atoms with Crippen LogP contribution >= 0.6 is 15.9 Å². The lowest BCUT2D eigenvalue weighted by molar-refractivity contribution is -0.0669. The molecule has 3 nitrogen and oxygen atoms in total. The molecule has 0 bridgehead atoms. The van der Waals surface area contributed by atoms with Crippen LogP contribution < -0.4 is 4.74 Å². The lowest BCUT2D eigenvalue weighted by atomic mass is 10.2. The molecule has 0 spiro atoms. The fraction of sp³-hybridized carbons (Fsp3) is 0.300. The smallest absolute Gasteiger partial charge is 0.338 e. The summed E-state index contributed by atoms with van der Waals surface area (Å²) in [4.78, 5) is 11.2. The van der Waals surface area contributed by atoms with Crippen LogP contribution in [0.1, 0.15) is 10.4 Å². The Balaban J connectivity index is 2.93. The minimum atomic E-state index is -3.25. The van der Waals surface area contributed by atoms with Gasteiger partial charge in [0.1, 0.15) is 5.75 Å². The van der Waals surface area contributed by atoms with E-state index < -0.39 is 18.8 Å². The third-order valence-electron chi connectivity index (χ3n) is 1.74. The highest BCUT2D eigenvalue weighted by Gasteiger charge is 2.21. The first kappa shape index (κ1) is 13.8. The third kappa shape index (κ3) is 3.92. The quantitative estimate of drug-likeness (QED) is 0.801. The molecule has 1 aromatic carbocycles. The largest absolute Gasteiger partial charge is 0.465 e. The van der Waals surface area contributed by atoms with Crippen LogP contribution in [0.4, 0.5) is 13.2 Å². The van der Waals surface area contributed by atoms with Crippen LogP contribution in [-0.4, -0.2) is 25.9 Å². The van der Waals surface area contributed by atoms with E-state index in [0.717, 1.165) is 6.07 Å². The fourth-order valence-electron chi connectivity index (χ4n) is 1.05. The van der Waals surface area contributed by atoms with Crippen LogP contribution in [0.25, 0.3) is 0 Å². The average molecular weight is 313 g/mol. The molecule has 0 saturated heterocycles. The zero-order valence-electron chi connectivity index (χ0n) is 8.62. The van der Waals surface area contributed by atoms with E-state index >= 15 is 0 Å². The highest BCUT2D eigenvalue weighted by atomic mass is 79.9. The van der Waals surface area contributed by atoms with E-state index in [0.29, 0.717) is 4.47 Å². The van der Waals surface area contributed by atoms with Gasteiger partial charge in [-0.15, -0.1) is 0 Å². The van der Waals surface area contributed by atoms with Crippen molar-refractivity contribution >= 4 is 21.9 Å². The molecule has 94 valence electrons. The third-order valence-corrected chi connectivity index (χ3v) is 2.20. The number of esters is 1. The number of hydrogen-bond acceptors (Lipinski definition) is 3. The van der Waals surface area contributed by atoms with Crippen molar-refractivity contribution in [3.8, 4) is 5.75 Å². The SMILES string of the molecule is COC(=O)c1cc(Br)cc(OC(F)C(F)F)c1. The molecule has 17 heavy (non-hydrogen) atoms. The van der Waals surface area contributed by atoms with Gasteiger partial charge < -0.3 is 9.47 Å². The predicted molar refractivity (Wildman–Crippen MR) is 57.0 cm³/mol. The zero-order valence-corrected chi connectivity index (χ0v) is 10.2. The molecule has 0 aliphatic carbocycles. The Bertz CT molecular complexity index is 412. The van der Waals surface area contributed by atoms with Crippen LogP contribution in [0, 0.1) is 0 Å². The van der Waals surface area contributed by atoms with Crippen molar-refractivity contribution in [3.63, 3.8) is 0 Å². The molecule has 7 heteroatoms. The summed E-state index contributed by atoms with van der Waals surface area (Å²) in [5.41, 5.74) is 0.0679. The number of benzene rings is 1. The van der Waals surface area contributed by atoms with Gasteiger partial charge in [-0.2, -0.15) is 4.39 Å². The van der Waals surface area contributed by atoms with Crippen LogP contribution in [0.5, 0.6) is 5.75 Å². The molecule has 0 amide bonds.